The first-order valence-corrected chi connectivity index (χ1v) is 6.06. The van der Waals surface area contributed by atoms with Gasteiger partial charge in [0.1, 0.15) is 0 Å². The molecule has 92 valence electrons. The molecule has 0 atom stereocenters. The maximum Gasteiger partial charge on any atom is 0.354 e. The molecule has 0 bridgehead atoms. The van der Waals surface area contributed by atoms with Gasteiger partial charge in [-0.15, -0.1) is 0 Å². The third kappa shape index (κ3) is 3.41. The second kappa shape index (κ2) is 5.61. The summed E-state index contributed by atoms with van der Waals surface area (Å²) in [4.78, 5) is 18.6. The highest BCUT2D eigenvalue weighted by molar-refractivity contribution is 5.85. The Bertz CT molecular complexity index is 389. The zero-order valence-electron chi connectivity index (χ0n) is 9.72. The molecule has 0 radical (unpaired) electrons. The Hall–Kier alpha value is -1.65. The molecule has 1 fully saturated rings. The summed E-state index contributed by atoms with van der Waals surface area (Å²) in [6.45, 7) is 0.813. The quantitative estimate of drug-likeness (QED) is 0.818. The summed E-state index contributed by atoms with van der Waals surface area (Å²) in [5.41, 5.74) is 0.0309. The van der Waals surface area contributed by atoms with E-state index in [1.54, 1.807) is 0 Å². The molecule has 0 spiro atoms. The van der Waals surface area contributed by atoms with Crippen LogP contribution in [0.5, 0.6) is 0 Å². The van der Waals surface area contributed by atoms with E-state index in [9.17, 15) is 4.79 Å². The Morgan fingerprint density at radius 1 is 1.47 bits per heavy atom. The fraction of sp³-hybridized carbons (Fsp3) is 0.583. The molecule has 2 rings (SSSR count). The lowest BCUT2D eigenvalue weighted by Gasteiger charge is -2.09. The van der Waals surface area contributed by atoms with Gasteiger partial charge in [-0.1, -0.05) is 25.7 Å². The molecule has 1 heterocycles. The van der Waals surface area contributed by atoms with E-state index in [1.165, 1.54) is 37.9 Å². The van der Waals surface area contributed by atoms with Crippen molar-refractivity contribution >= 4 is 11.9 Å². The zero-order valence-corrected chi connectivity index (χ0v) is 9.72. The molecule has 5 nitrogen and oxygen atoms in total. The number of aromatic carboxylic acids is 1. The first-order valence-electron chi connectivity index (χ1n) is 6.06. The minimum Gasteiger partial charge on any atom is -0.477 e. The second-order valence-corrected chi connectivity index (χ2v) is 4.44. The van der Waals surface area contributed by atoms with Crippen LogP contribution in [0.15, 0.2) is 12.3 Å². The van der Waals surface area contributed by atoms with Crippen LogP contribution in [0.3, 0.4) is 0 Å². The molecular formula is C12H17N3O2. The number of aromatic nitrogens is 2. The predicted octanol–water partition coefficient (Wildman–Crippen LogP) is 2.17. The van der Waals surface area contributed by atoms with Gasteiger partial charge >= 0.3 is 5.97 Å². The van der Waals surface area contributed by atoms with E-state index in [4.69, 9.17) is 5.11 Å². The van der Waals surface area contributed by atoms with Crippen molar-refractivity contribution in [3.8, 4) is 0 Å². The minimum absolute atomic E-state index is 0.0309. The van der Waals surface area contributed by atoms with Crippen LogP contribution in [0, 0.1) is 5.92 Å². The van der Waals surface area contributed by atoms with Crippen LogP contribution in [0.4, 0.5) is 5.95 Å². The third-order valence-corrected chi connectivity index (χ3v) is 3.19. The van der Waals surface area contributed by atoms with Gasteiger partial charge in [0.25, 0.3) is 0 Å². The Labute approximate surface area is 100 Å². The van der Waals surface area contributed by atoms with Crippen LogP contribution >= 0.6 is 0 Å². The van der Waals surface area contributed by atoms with Crippen molar-refractivity contribution < 1.29 is 9.90 Å². The first kappa shape index (κ1) is 11.8. The molecule has 0 saturated heterocycles. The van der Waals surface area contributed by atoms with Crippen molar-refractivity contribution in [2.24, 2.45) is 5.92 Å². The van der Waals surface area contributed by atoms with Gasteiger partial charge in [0.05, 0.1) is 0 Å². The highest BCUT2D eigenvalue weighted by atomic mass is 16.4. The van der Waals surface area contributed by atoms with Crippen molar-refractivity contribution in [3.63, 3.8) is 0 Å². The lowest BCUT2D eigenvalue weighted by molar-refractivity contribution is 0.0690. The van der Waals surface area contributed by atoms with E-state index in [1.807, 2.05) is 0 Å². The van der Waals surface area contributed by atoms with Gasteiger partial charge in [0.2, 0.25) is 5.95 Å². The molecule has 1 aliphatic carbocycles. The molecule has 2 N–H and O–H groups in total. The number of carboxylic acid groups (broad SMARTS) is 1. The molecule has 0 unspecified atom stereocenters. The Kier molecular flexibility index (Phi) is 3.90. The van der Waals surface area contributed by atoms with E-state index in [2.05, 4.69) is 15.3 Å². The Morgan fingerprint density at radius 3 is 2.94 bits per heavy atom. The monoisotopic (exact) mass is 235 g/mol. The van der Waals surface area contributed by atoms with Gasteiger partial charge in [-0.2, -0.15) is 0 Å². The fourth-order valence-corrected chi connectivity index (χ4v) is 2.25. The molecule has 5 heteroatoms. The van der Waals surface area contributed by atoms with Crippen LogP contribution in [0.25, 0.3) is 0 Å². The second-order valence-electron chi connectivity index (χ2n) is 4.44. The van der Waals surface area contributed by atoms with Gasteiger partial charge in [0.15, 0.2) is 5.69 Å². The fourth-order valence-electron chi connectivity index (χ4n) is 2.25. The number of hydrogen-bond donors (Lipinski definition) is 2. The van der Waals surface area contributed by atoms with Crippen molar-refractivity contribution in [2.75, 3.05) is 11.9 Å². The topological polar surface area (TPSA) is 75.1 Å². The van der Waals surface area contributed by atoms with E-state index in [0.717, 1.165) is 18.9 Å². The lowest BCUT2D eigenvalue weighted by Crippen LogP contribution is -2.11. The number of hydrogen-bond acceptors (Lipinski definition) is 4. The highest BCUT2D eigenvalue weighted by Gasteiger charge is 2.14. The summed E-state index contributed by atoms with van der Waals surface area (Å²) in [5.74, 6) is 0.194. The summed E-state index contributed by atoms with van der Waals surface area (Å²) >= 11 is 0. The normalized spacial score (nSPS) is 16.0. The number of carboxylic acids is 1. The van der Waals surface area contributed by atoms with Crippen LogP contribution in [-0.4, -0.2) is 27.6 Å². The van der Waals surface area contributed by atoms with Crippen LogP contribution in [0.2, 0.25) is 0 Å². The summed E-state index contributed by atoms with van der Waals surface area (Å²) < 4.78 is 0. The van der Waals surface area contributed by atoms with Gasteiger partial charge in [-0.05, 0) is 18.4 Å². The van der Waals surface area contributed by atoms with E-state index in [0.29, 0.717) is 5.95 Å². The molecule has 17 heavy (non-hydrogen) atoms. The van der Waals surface area contributed by atoms with E-state index in [-0.39, 0.29) is 5.69 Å². The largest absolute Gasteiger partial charge is 0.477 e. The predicted molar refractivity (Wildman–Crippen MR) is 64.1 cm³/mol. The van der Waals surface area contributed by atoms with Crippen molar-refractivity contribution in [3.05, 3.63) is 18.0 Å². The molecule has 0 aliphatic heterocycles. The van der Waals surface area contributed by atoms with Crippen molar-refractivity contribution in [2.45, 2.75) is 32.1 Å². The number of anilines is 1. The zero-order chi connectivity index (χ0) is 12.1. The summed E-state index contributed by atoms with van der Waals surface area (Å²) in [6, 6.07) is 1.39. The van der Waals surface area contributed by atoms with Crippen molar-refractivity contribution in [1.82, 2.24) is 9.97 Å². The highest BCUT2D eigenvalue weighted by Crippen LogP contribution is 2.27. The van der Waals surface area contributed by atoms with E-state index >= 15 is 0 Å². The standard InChI is InChI=1S/C12H17N3O2/c16-11(17)10-6-8-14-12(15-10)13-7-5-9-3-1-2-4-9/h6,8-9H,1-5,7H2,(H,16,17)(H,13,14,15). The van der Waals surface area contributed by atoms with Gasteiger partial charge in [-0.3, -0.25) is 0 Å². The van der Waals surface area contributed by atoms with Crippen LogP contribution in [0.1, 0.15) is 42.6 Å². The summed E-state index contributed by atoms with van der Waals surface area (Å²) in [6.07, 6.45) is 7.90. The van der Waals surface area contributed by atoms with Gasteiger partial charge in [-0.25, -0.2) is 14.8 Å². The Balaban J connectivity index is 1.81. The van der Waals surface area contributed by atoms with E-state index < -0.39 is 5.97 Å². The molecule has 0 amide bonds. The Morgan fingerprint density at radius 2 is 2.24 bits per heavy atom. The number of rotatable bonds is 5. The minimum atomic E-state index is -1.02. The molecule has 1 aliphatic rings. The first-order chi connectivity index (χ1) is 8.25. The average molecular weight is 235 g/mol. The lowest BCUT2D eigenvalue weighted by atomic mass is 10.0. The molecule has 1 aromatic heterocycles. The SMILES string of the molecule is O=C(O)c1ccnc(NCCC2CCCC2)n1. The number of nitrogens with one attached hydrogen (secondary N) is 1. The number of nitrogens with zero attached hydrogens (tertiary/aromatic N) is 2. The van der Waals surface area contributed by atoms with Gasteiger partial charge in [0, 0.05) is 12.7 Å². The maximum atomic E-state index is 10.7. The molecule has 1 saturated carbocycles. The molecular weight excluding hydrogens is 218 g/mol. The maximum absolute atomic E-state index is 10.7. The summed E-state index contributed by atoms with van der Waals surface area (Å²) in [7, 11) is 0. The summed E-state index contributed by atoms with van der Waals surface area (Å²) in [5, 5.41) is 11.9. The van der Waals surface area contributed by atoms with Gasteiger partial charge < -0.3 is 10.4 Å². The van der Waals surface area contributed by atoms with Crippen LogP contribution in [-0.2, 0) is 0 Å². The van der Waals surface area contributed by atoms with Crippen LogP contribution < -0.4 is 5.32 Å². The molecule has 0 aromatic carbocycles. The average Bonchev–Trinajstić information content (AvgIpc) is 2.82. The number of carbonyl (C=O) groups is 1. The molecule has 1 aromatic rings. The van der Waals surface area contributed by atoms with Crippen molar-refractivity contribution in [1.29, 1.82) is 0 Å². The third-order valence-electron chi connectivity index (χ3n) is 3.19. The smallest absolute Gasteiger partial charge is 0.354 e.